The van der Waals surface area contributed by atoms with E-state index < -0.39 is 0 Å². The molecule has 15 heavy (non-hydrogen) atoms. The van der Waals surface area contributed by atoms with Gasteiger partial charge in [-0.2, -0.15) is 11.8 Å². The number of nitrogens with one attached hydrogen (secondary N) is 1. The second-order valence-corrected chi connectivity index (χ2v) is 5.56. The Labute approximate surface area is 102 Å². The first-order valence-electron chi connectivity index (χ1n) is 5.26. The highest BCUT2D eigenvalue weighted by atomic mass is 35.5. The average molecular weight is 253 g/mol. The van der Waals surface area contributed by atoms with Crippen LogP contribution in [0.5, 0.6) is 0 Å². The molecule has 0 saturated carbocycles. The summed E-state index contributed by atoms with van der Waals surface area (Å²) >= 11 is 1.95. The molecule has 1 amide bonds. The van der Waals surface area contributed by atoms with Crippen LogP contribution >= 0.6 is 24.2 Å². The molecule has 0 spiro atoms. The molecule has 0 aromatic heterocycles. The highest BCUT2D eigenvalue weighted by molar-refractivity contribution is 8.00. The highest BCUT2D eigenvalue weighted by Gasteiger charge is 2.20. The summed E-state index contributed by atoms with van der Waals surface area (Å²) in [6.07, 6.45) is 2.50. The number of hydrogen-bond donors (Lipinski definition) is 2. The number of hydrogen-bond acceptors (Lipinski definition) is 3. The molecule has 1 aliphatic rings. The lowest BCUT2D eigenvalue weighted by molar-refractivity contribution is -0.123. The fourth-order valence-electron chi connectivity index (χ4n) is 1.44. The van der Waals surface area contributed by atoms with Crippen LogP contribution in [0.1, 0.15) is 26.7 Å². The molecule has 2 atom stereocenters. The molecule has 1 unspecified atom stereocenters. The van der Waals surface area contributed by atoms with Crippen LogP contribution in [-0.2, 0) is 4.79 Å². The summed E-state index contributed by atoms with van der Waals surface area (Å²) in [5.74, 6) is 1.44. The van der Waals surface area contributed by atoms with Crippen LogP contribution in [0.25, 0.3) is 0 Å². The minimum atomic E-state index is -0.360. The Hall–Kier alpha value is 0.0700. The second kappa shape index (κ2) is 7.36. The number of halogens is 1. The Morgan fingerprint density at radius 1 is 1.60 bits per heavy atom. The largest absolute Gasteiger partial charge is 0.354 e. The standard InChI is InChI=1S/C10H20N2OS.ClH/c1-7(2)9(11)10(13)12-6-8-4-3-5-14-8;/h7-9H,3-6,11H2,1-2H3,(H,12,13);1H/t8?,9-;/m1./s1. The first-order chi connectivity index (χ1) is 6.61. The number of carbonyl (C=O) groups excluding carboxylic acids is 1. The van der Waals surface area contributed by atoms with E-state index in [2.05, 4.69) is 5.32 Å². The lowest BCUT2D eigenvalue weighted by atomic mass is 10.1. The SMILES string of the molecule is CC(C)[C@@H](N)C(=O)NCC1CCCS1.Cl. The van der Waals surface area contributed by atoms with E-state index in [-0.39, 0.29) is 30.3 Å². The van der Waals surface area contributed by atoms with E-state index in [9.17, 15) is 4.79 Å². The maximum absolute atomic E-state index is 11.5. The molecular formula is C10H21ClN2OS. The van der Waals surface area contributed by atoms with E-state index in [1.54, 1.807) is 0 Å². The van der Waals surface area contributed by atoms with Crippen molar-refractivity contribution in [3.8, 4) is 0 Å². The van der Waals surface area contributed by atoms with Crippen molar-refractivity contribution in [2.75, 3.05) is 12.3 Å². The summed E-state index contributed by atoms with van der Waals surface area (Å²) in [5.41, 5.74) is 5.73. The van der Waals surface area contributed by atoms with E-state index in [4.69, 9.17) is 5.73 Å². The summed E-state index contributed by atoms with van der Waals surface area (Å²) in [4.78, 5) is 11.5. The first kappa shape index (κ1) is 15.1. The van der Waals surface area contributed by atoms with Gasteiger partial charge in [-0.25, -0.2) is 0 Å². The molecule has 0 aliphatic carbocycles. The predicted molar refractivity (Wildman–Crippen MR) is 68.6 cm³/mol. The molecule has 1 heterocycles. The number of carbonyl (C=O) groups is 1. The van der Waals surface area contributed by atoms with Gasteiger partial charge in [-0.1, -0.05) is 13.8 Å². The van der Waals surface area contributed by atoms with Crippen LogP contribution in [0.2, 0.25) is 0 Å². The smallest absolute Gasteiger partial charge is 0.237 e. The molecule has 3 N–H and O–H groups in total. The second-order valence-electron chi connectivity index (χ2n) is 4.15. The van der Waals surface area contributed by atoms with E-state index >= 15 is 0 Å². The molecular weight excluding hydrogens is 232 g/mol. The van der Waals surface area contributed by atoms with Gasteiger partial charge in [-0.3, -0.25) is 4.79 Å². The molecule has 3 nitrogen and oxygen atoms in total. The lowest BCUT2D eigenvalue weighted by Gasteiger charge is -2.17. The Kier molecular flexibility index (Phi) is 7.40. The Morgan fingerprint density at radius 2 is 2.27 bits per heavy atom. The molecule has 5 heteroatoms. The zero-order chi connectivity index (χ0) is 10.6. The Morgan fingerprint density at radius 3 is 2.73 bits per heavy atom. The highest BCUT2D eigenvalue weighted by Crippen LogP contribution is 2.25. The zero-order valence-corrected chi connectivity index (χ0v) is 11.0. The number of rotatable bonds is 4. The van der Waals surface area contributed by atoms with Gasteiger partial charge in [0.1, 0.15) is 0 Å². The topological polar surface area (TPSA) is 55.1 Å². The van der Waals surface area contributed by atoms with Crippen molar-refractivity contribution in [1.29, 1.82) is 0 Å². The van der Waals surface area contributed by atoms with Crippen molar-refractivity contribution in [3.63, 3.8) is 0 Å². The Balaban J connectivity index is 0.00000196. The molecule has 0 radical (unpaired) electrons. The van der Waals surface area contributed by atoms with E-state index in [0.717, 1.165) is 6.54 Å². The van der Waals surface area contributed by atoms with Crippen molar-refractivity contribution < 1.29 is 4.79 Å². The maximum atomic E-state index is 11.5. The third-order valence-corrected chi connectivity index (χ3v) is 3.95. The van der Waals surface area contributed by atoms with Crippen molar-refractivity contribution in [2.45, 2.75) is 38.0 Å². The third kappa shape index (κ3) is 5.09. The molecule has 1 aliphatic heterocycles. The van der Waals surface area contributed by atoms with Crippen molar-refractivity contribution in [1.82, 2.24) is 5.32 Å². The fourth-order valence-corrected chi connectivity index (χ4v) is 2.64. The molecule has 1 fully saturated rings. The first-order valence-corrected chi connectivity index (χ1v) is 6.31. The summed E-state index contributed by atoms with van der Waals surface area (Å²) in [6, 6.07) is -0.360. The maximum Gasteiger partial charge on any atom is 0.237 e. The molecule has 0 bridgehead atoms. The van der Waals surface area contributed by atoms with Gasteiger partial charge in [0.25, 0.3) is 0 Å². The summed E-state index contributed by atoms with van der Waals surface area (Å²) < 4.78 is 0. The summed E-state index contributed by atoms with van der Waals surface area (Å²) in [7, 11) is 0. The van der Waals surface area contributed by atoms with Gasteiger partial charge in [0, 0.05) is 11.8 Å². The zero-order valence-electron chi connectivity index (χ0n) is 9.36. The lowest BCUT2D eigenvalue weighted by Crippen LogP contribution is -2.45. The van der Waals surface area contributed by atoms with E-state index in [1.807, 2.05) is 25.6 Å². The van der Waals surface area contributed by atoms with Crippen LogP contribution in [0.15, 0.2) is 0 Å². The molecule has 1 saturated heterocycles. The summed E-state index contributed by atoms with van der Waals surface area (Å²) in [6.45, 7) is 4.72. The summed E-state index contributed by atoms with van der Waals surface area (Å²) in [5, 5.41) is 3.53. The van der Waals surface area contributed by atoms with Gasteiger partial charge in [-0.15, -0.1) is 12.4 Å². The molecule has 1 rings (SSSR count). The van der Waals surface area contributed by atoms with Gasteiger partial charge < -0.3 is 11.1 Å². The van der Waals surface area contributed by atoms with Crippen molar-refractivity contribution >= 4 is 30.1 Å². The number of thioether (sulfide) groups is 1. The quantitative estimate of drug-likeness (QED) is 0.796. The third-order valence-electron chi connectivity index (χ3n) is 2.55. The Bertz CT molecular complexity index is 196. The average Bonchev–Trinajstić information content (AvgIpc) is 2.65. The van der Waals surface area contributed by atoms with Gasteiger partial charge in [0.05, 0.1) is 6.04 Å². The molecule has 90 valence electrons. The fraction of sp³-hybridized carbons (Fsp3) is 0.900. The minimum Gasteiger partial charge on any atom is -0.354 e. The number of amides is 1. The van der Waals surface area contributed by atoms with E-state index in [0.29, 0.717) is 5.25 Å². The van der Waals surface area contributed by atoms with Gasteiger partial charge >= 0.3 is 0 Å². The molecule has 0 aromatic carbocycles. The predicted octanol–water partition coefficient (Wildman–Crippen LogP) is 1.40. The van der Waals surface area contributed by atoms with Gasteiger partial charge in [-0.05, 0) is 24.5 Å². The van der Waals surface area contributed by atoms with E-state index in [1.165, 1.54) is 18.6 Å². The monoisotopic (exact) mass is 252 g/mol. The van der Waals surface area contributed by atoms with Crippen LogP contribution in [0.3, 0.4) is 0 Å². The van der Waals surface area contributed by atoms with Gasteiger partial charge in [0.15, 0.2) is 0 Å². The van der Waals surface area contributed by atoms with Crippen molar-refractivity contribution in [3.05, 3.63) is 0 Å². The minimum absolute atomic E-state index is 0. The number of nitrogens with two attached hydrogens (primary N) is 1. The van der Waals surface area contributed by atoms with Crippen LogP contribution in [0.4, 0.5) is 0 Å². The van der Waals surface area contributed by atoms with Crippen LogP contribution < -0.4 is 11.1 Å². The van der Waals surface area contributed by atoms with Crippen LogP contribution in [0, 0.1) is 5.92 Å². The molecule has 0 aromatic rings. The van der Waals surface area contributed by atoms with Gasteiger partial charge in [0.2, 0.25) is 5.91 Å². The normalized spacial score (nSPS) is 22.3. The van der Waals surface area contributed by atoms with Crippen molar-refractivity contribution in [2.24, 2.45) is 11.7 Å². The van der Waals surface area contributed by atoms with Crippen LogP contribution in [-0.4, -0.2) is 29.5 Å².